The summed E-state index contributed by atoms with van der Waals surface area (Å²) in [6.07, 6.45) is -6.20. The zero-order valence-corrected chi connectivity index (χ0v) is 20.4. The molecule has 12 heteroatoms. The number of aromatic nitrogens is 3. The third kappa shape index (κ3) is 5.03. The number of hydrogen-bond acceptors (Lipinski definition) is 4. The highest BCUT2D eigenvalue weighted by atomic mass is 19.4. The van der Waals surface area contributed by atoms with Gasteiger partial charge in [0.05, 0.1) is 35.9 Å². The maximum atomic E-state index is 13.8. The average molecular weight is 542 g/mol. The summed E-state index contributed by atoms with van der Waals surface area (Å²) in [5.41, 5.74) is -3.00. The van der Waals surface area contributed by atoms with E-state index in [0.29, 0.717) is 37.3 Å². The number of rotatable bonds is 6. The minimum absolute atomic E-state index is 0.104. The first kappa shape index (κ1) is 26.6. The summed E-state index contributed by atoms with van der Waals surface area (Å²) in [5.74, 6) is 0.147. The van der Waals surface area contributed by atoms with Crippen LogP contribution >= 0.6 is 0 Å². The van der Waals surface area contributed by atoms with E-state index in [0.717, 1.165) is 18.4 Å². The Bertz CT molecular complexity index is 1260. The Labute approximate surface area is 214 Å². The Morgan fingerprint density at radius 3 is 2.18 bits per heavy atom. The van der Waals surface area contributed by atoms with Crippen LogP contribution in [0.25, 0.3) is 0 Å². The Hall–Kier alpha value is -2.99. The highest BCUT2D eigenvalue weighted by Crippen LogP contribution is 2.52. The monoisotopic (exact) mass is 542 g/mol. The molecule has 204 valence electrons. The lowest BCUT2D eigenvalue weighted by molar-refractivity contribution is -0.143. The zero-order chi connectivity index (χ0) is 27.3. The topological polar surface area (TPSA) is 43.2 Å². The minimum Gasteiger partial charge on any atom is -0.371 e. The number of alkyl halides is 6. The van der Waals surface area contributed by atoms with Crippen LogP contribution < -0.4 is 0 Å². The van der Waals surface area contributed by atoms with Crippen LogP contribution in [0, 0.1) is 5.82 Å². The fourth-order valence-electron chi connectivity index (χ4n) is 5.87. The molecule has 38 heavy (non-hydrogen) atoms. The summed E-state index contributed by atoms with van der Waals surface area (Å²) in [6, 6.07) is 7.62. The second kappa shape index (κ2) is 9.64. The largest absolute Gasteiger partial charge is 0.416 e. The van der Waals surface area contributed by atoms with E-state index in [9.17, 15) is 30.7 Å². The van der Waals surface area contributed by atoms with Crippen molar-refractivity contribution in [3.05, 3.63) is 82.7 Å². The van der Waals surface area contributed by atoms with Gasteiger partial charge in [-0.15, -0.1) is 0 Å². The third-order valence-electron chi connectivity index (χ3n) is 7.51. The predicted octanol–water partition coefficient (Wildman–Crippen LogP) is 6.23. The van der Waals surface area contributed by atoms with Crippen molar-refractivity contribution in [2.24, 2.45) is 7.05 Å². The fraction of sp³-hybridized carbons (Fsp3) is 0.462. The van der Waals surface area contributed by atoms with Crippen molar-refractivity contribution in [1.82, 2.24) is 19.7 Å². The van der Waals surface area contributed by atoms with E-state index in [-0.39, 0.29) is 17.7 Å². The van der Waals surface area contributed by atoms with Crippen molar-refractivity contribution in [1.29, 1.82) is 0 Å². The molecule has 3 atom stereocenters. The van der Waals surface area contributed by atoms with Gasteiger partial charge >= 0.3 is 12.4 Å². The van der Waals surface area contributed by atoms with E-state index in [2.05, 4.69) is 15.0 Å². The first-order valence-corrected chi connectivity index (χ1v) is 12.1. The first-order valence-electron chi connectivity index (χ1n) is 12.1. The van der Waals surface area contributed by atoms with Crippen molar-refractivity contribution >= 4 is 0 Å². The number of fused-ring (bicyclic) bond motifs is 2. The van der Waals surface area contributed by atoms with Crippen LogP contribution in [-0.2, 0) is 42.8 Å². The predicted molar refractivity (Wildman–Crippen MR) is 122 cm³/mol. The molecular formula is C26H25F7N4O. The van der Waals surface area contributed by atoms with E-state index >= 15 is 0 Å². The molecule has 2 aliphatic rings. The maximum absolute atomic E-state index is 13.8. The van der Waals surface area contributed by atoms with E-state index in [1.165, 1.54) is 12.1 Å². The molecule has 2 bridgehead atoms. The molecule has 0 saturated carbocycles. The standard InChI is InChI=1S/C26H25F7N4O/c1-36-15-34-23(35-36)13-37-21-6-7-22(24(37,9-8-21)17-2-4-20(27)5-3-17)38-14-16-10-18(25(28,29)30)12-19(11-16)26(31,32)33/h2-5,10-12,15,21-22H,6-9,13-14H2,1H3. The molecule has 3 heterocycles. The third-order valence-corrected chi connectivity index (χ3v) is 7.51. The molecule has 0 spiro atoms. The molecule has 2 aliphatic heterocycles. The SMILES string of the molecule is Cn1cnc(CN2C3CCC(OCc4cc(C(F)(F)F)cc(C(F)(F)F)c4)C2(c2ccc(F)cc2)CC3)n1. The van der Waals surface area contributed by atoms with E-state index in [4.69, 9.17) is 4.74 Å². The van der Waals surface area contributed by atoms with Gasteiger partial charge in [-0.1, -0.05) is 12.1 Å². The highest BCUT2D eigenvalue weighted by molar-refractivity contribution is 5.34. The van der Waals surface area contributed by atoms with Crippen molar-refractivity contribution in [2.45, 2.75) is 68.9 Å². The molecule has 2 saturated heterocycles. The number of benzene rings is 2. The van der Waals surface area contributed by atoms with Crippen LogP contribution in [0.3, 0.4) is 0 Å². The van der Waals surface area contributed by atoms with Gasteiger partial charge in [0.25, 0.3) is 0 Å². The molecule has 0 aliphatic carbocycles. The van der Waals surface area contributed by atoms with Crippen molar-refractivity contribution < 1.29 is 35.5 Å². The lowest BCUT2D eigenvalue weighted by Crippen LogP contribution is -2.56. The van der Waals surface area contributed by atoms with Gasteiger partial charge in [-0.3, -0.25) is 9.58 Å². The van der Waals surface area contributed by atoms with Gasteiger partial charge < -0.3 is 4.74 Å². The van der Waals surface area contributed by atoms with Crippen molar-refractivity contribution in [3.8, 4) is 0 Å². The molecule has 0 N–H and O–H groups in total. The van der Waals surface area contributed by atoms with Gasteiger partial charge in [0.1, 0.15) is 12.1 Å². The highest BCUT2D eigenvalue weighted by Gasteiger charge is 2.56. The van der Waals surface area contributed by atoms with Crippen LogP contribution in [0.1, 0.15) is 53.8 Å². The van der Waals surface area contributed by atoms with E-state index < -0.39 is 47.5 Å². The number of halogens is 7. The summed E-state index contributed by atoms with van der Waals surface area (Å²) >= 11 is 0. The van der Waals surface area contributed by atoms with Crippen molar-refractivity contribution in [3.63, 3.8) is 0 Å². The molecule has 2 aromatic carbocycles. The summed E-state index contributed by atoms with van der Waals surface area (Å²) in [6.45, 7) is -0.0779. The summed E-state index contributed by atoms with van der Waals surface area (Å²) in [7, 11) is 1.74. The van der Waals surface area contributed by atoms with E-state index in [1.807, 2.05) is 0 Å². The first-order chi connectivity index (χ1) is 17.9. The number of piperidine rings is 1. The van der Waals surface area contributed by atoms with Gasteiger partial charge in [-0.05, 0) is 67.1 Å². The van der Waals surface area contributed by atoms with Gasteiger partial charge in [-0.2, -0.15) is 31.4 Å². The summed E-state index contributed by atoms with van der Waals surface area (Å²) in [4.78, 5) is 6.52. The number of ether oxygens (including phenoxy) is 1. The second-order valence-electron chi connectivity index (χ2n) is 9.88. The van der Waals surface area contributed by atoms with Crippen LogP contribution in [0.4, 0.5) is 30.7 Å². The molecule has 5 nitrogen and oxygen atoms in total. The quantitative estimate of drug-likeness (QED) is 0.347. The molecule has 0 amide bonds. The van der Waals surface area contributed by atoms with Gasteiger partial charge in [0.2, 0.25) is 0 Å². The number of hydrogen-bond donors (Lipinski definition) is 0. The van der Waals surface area contributed by atoms with Crippen LogP contribution in [0.15, 0.2) is 48.8 Å². The maximum Gasteiger partial charge on any atom is 0.416 e. The van der Waals surface area contributed by atoms with Crippen LogP contribution in [-0.4, -0.2) is 31.8 Å². The Kier molecular flexibility index (Phi) is 6.75. The molecular weight excluding hydrogens is 517 g/mol. The Morgan fingerprint density at radius 2 is 1.61 bits per heavy atom. The molecule has 2 fully saturated rings. The molecule has 3 unspecified atom stereocenters. The van der Waals surface area contributed by atoms with Gasteiger partial charge in [0.15, 0.2) is 5.82 Å². The minimum atomic E-state index is -4.94. The lowest BCUT2D eigenvalue weighted by Gasteiger charge is -2.49. The smallest absolute Gasteiger partial charge is 0.371 e. The molecule has 3 aromatic rings. The van der Waals surface area contributed by atoms with Crippen LogP contribution in [0.5, 0.6) is 0 Å². The zero-order valence-electron chi connectivity index (χ0n) is 20.4. The van der Waals surface area contributed by atoms with Crippen LogP contribution in [0.2, 0.25) is 0 Å². The summed E-state index contributed by atoms with van der Waals surface area (Å²) in [5, 5.41) is 4.37. The van der Waals surface area contributed by atoms with Crippen molar-refractivity contribution in [2.75, 3.05) is 0 Å². The average Bonchev–Trinajstić information content (AvgIpc) is 3.36. The second-order valence-corrected chi connectivity index (χ2v) is 9.88. The molecule has 0 radical (unpaired) electrons. The Morgan fingerprint density at radius 1 is 0.947 bits per heavy atom. The van der Waals surface area contributed by atoms with Gasteiger partial charge in [-0.25, -0.2) is 9.37 Å². The number of aryl methyl sites for hydroxylation is 1. The number of nitrogens with zero attached hydrogens (tertiary/aromatic N) is 4. The molecule has 5 rings (SSSR count). The lowest BCUT2D eigenvalue weighted by atomic mass is 9.78. The normalized spacial score (nSPS) is 24.2. The molecule has 1 aromatic heterocycles. The van der Waals surface area contributed by atoms with Gasteiger partial charge in [0, 0.05) is 13.1 Å². The summed E-state index contributed by atoms with van der Waals surface area (Å²) < 4.78 is 102. The van der Waals surface area contributed by atoms with E-state index in [1.54, 1.807) is 30.2 Å². The fourth-order valence-corrected chi connectivity index (χ4v) is 5.87. The Balaban J connectivity index is 1.49.